The van der Waals surface area contributed by atoms with Gasteiger partial charge in [-0.05, 0) is 12.1 Å². The fraction of sp³-hybridized carbons (Fsp3) is 0.222. The number of hydrogen-bond donors (Lipinski definition) is 0. The molecule has 0 fully saturated rings. The van der Waals surface area contributed by atoms with E-state index in [9.17, 15) is 22.0 Å². The molecule has 0 aliphatic rings. The minimum atomic E-state index is -4.21. The number of benzene rings is 1. The number of carbonyl (C=O) groups excluding carboxylic acids is 1. The van der Waals surface area contributed by atoms with Gasteiger partial charge in [0.25, 0.3) is 9.05 Å². The summed E-state index contributed by atoms with van der Waals surface area (Å²) in [5.74, 6) is -3.01. The van der Waals surface area contributed by atoms with Gasteiger partial charge in [0.2, 0.25) is 0 Å². The van der Waals surface area contributed by atoms with Gasteiger partial charge in [-0.25, -0.2) is 17.2 Å². The van der Waals surface area contributed by atoms with Crippen LogP contribution in [0.25, 0.3) is 0 Å². The Bertz CT molecular complexity index is 533. The molecule has 4 nitrogen and oxygen atoms in total. The molecule has 0 aliphatic carbocycles. The number of halogens is 3. The molecule has 0 saturated carbocycles. The van der Waals surface area contributed by atoms with Crippen molar-refractivity contribution in [3.63, 3.8) is 0 Å². The second-order valence-electron chi connectivity index (χ2n) is 3.08. The second kappa shape index (κ2) is 4.97. The van der Waals surface area contributed by atoms with Gasteiger partial charge in [0, 0.05) is 17.6 Å². The molecule has 0 radical (unpaired) electrons. The highest BCUT2D eigenvalue weighted by molar-refractivity contribution is 8.13. The van der Waals surface area contributed by atoms with E-state index in [1.165, 1.54) is 0 Å². The van der Waals surface area contributed by atoms with Crippen molar-refractivity contribution in [3.05, 3.63) is 29.3 Å². The lowest BCUT2D eigenvalue weighted by Gasteiger charge is -2.06. The lowest BCUT2D eigenvalue weighted by molar-refractivity contribution is -0.142. The van der Waals surface area contributed by atoms with Gasteiger partial charge < -0.3 is 4.74 Å². The van der Waals surface area contributed by atoms with E-state index < -0.39 is 43.7 Å². The molecule has 17 heavy (non-hydrogen) atoms. The molecule has 0 atom stereocenters. The standard InChI is InChI=1S/C9H7ClF2O4S/c1-5(13)16-4-7-8(11)2-6(3-9(7)12)17(10,14)15/h2-3H,4H2,1H3. The maximum Gasteiger partial charge on any atom is 0.302 e. The maximum absolute atomic E-state index is 13.3. The first-order valence-electron chi connectivity index (χ1n) is 4.27. The molecule has 0 bridgehead atoms. The Kier molecular flexibility index (Phi) is 4.05. The van der Waals surface area contributed by atoms with Gasteiger partial charge in [-0.2, -0.15) is 0 Å². The first-order valence-corrected chi connectivity index (χ1v) is 6.58. The zero-order chi connectivity index (χ0) is 13.2. The molecule has 0 spiro atoms. The van der Waals surface area contributed by atoms with Crippen LogP contribution in [0.5, 0.6) is 0 Å². The largest absolute Gasteiger partial charge is 0.461 e. The van der Waals surface area contributed by atoms with E-state index in [0.717, 1.165) is 6.92 Å². The Morgan fingerprint density at radius 3 is 2.18 bits per heavy atom. The monoisotopic (exact) mass is 284 g/mol. The number of hydrogen-bond acceptors (Lipinski definition) is 4. The summed E-state index contributed by atoms with van der Waals surface area (Å²) >= 11 is 0. The van der Waals surface area contributed by atoms with E-state index in [1.54, 1.807) is 0 Å². The third-order valence-corrected chi connectivity index (χ3v) is 3.15. The topological polar surface area (TPSA) is 60.4 Å². The van der Waals surface area contributed by atoms with Gasteiger partial charge in [-0.1, -0.05) is 0 Å². The molecule has 0 saturated heterocycles. The van der Waals surface area contributed by atoms with Crippen LogP contribution in [0.2, 0.25) is 0 Å². The van der Waals surface area contributed by atoms with Gasteiger partial charge in [0.15, 0.2) is 0 Å². The van der Waals surface area contributed by atoms with Gasteiger partial charge in [0.1, 0.15) is 18.2 Å². The molecule has 0 aromatic heterocycles. The number of esters is 1. The van der Waals surface area contributed by atoms with Crippen molar-refractivity contribution in [2.75, 3.05) is 0 Å². The molecule has 1 aromatic carbocycles. The van der Waals surface area contributed by atoms with Crippen LogP contribution in [0, 0.1) is 11.6 Å². The predicted octanol–water partition coefficient (Wildman–Crippen LogP) is 1.96. The smallest absolute Gasteiger partial charge is 0.302 e. The highest BCUT2D eigenvalue weighted by atomic mass is 35.7. The van der Waals surface area contributed by atoms with Crippen molar-refractivity contribution in [3.8, 4) is 0 Å². The van der Waals surface area contributed by atoms with Crippen LogP contribution in [-0.4, -0.2) is 14.4 Å². The van der Waals surface area contributed by atoms with E-state index in [0.29, 0.717) is 12.1 Å². The lowest BCUT2D eigenvalue weighted by atomic mass is 10.2. The molecular weight excluding hydrogens is 278 g/mol. The fourth-order valence-corrected chi connectivity index (χ4v) is 1.79. The van der Waals surface area contributed by atoms with Gasteiger partial charge in [-0.3, -0.25) is 4.79 Å². The van der Waals surface area contributed by atoms with E-state index in [1.807, 2.05) is 0 Å². The molecule has 94 valence electrons. The van der Waals surface area contributed by atoms with Crippen molar-refractivity contribution >= 4 is 25.7 Å². The Hall–Kier alpha value is -1.21. The van der Waals surface area contributed by atoms with Crippen LogP contribution in [0.15, 0.2) is 17.0 Å². The zero-order valence-corrected chi connectivity index (χ0v) is 10.1. The molecule has 0 aliphatic heterocycles. The van der Waals surface area contributed by atoms with Crippen LogP contribution in [0.4, 0.5) is 8.78 Å². The normalized spacial score (nSPS) is 11.3. The molecule has 0 unspecified atom stereocenters. The minimum Gasteiger partial charge on any atom is -0.461 e. The van der Waals surface area contributed by atoms with Crippen LogP contribution in [0.1, 0.15) is 12.5 Å². The zero-order valence-electron chi connectivity index (χ0n) is 8.54. The van der Waals surface area contributed by atoms with Crippen LogP contribution >= 0.6 is 10.7 Å². The quantitative estimate of drug-likeness (QED) is 0.629. The van der Waals surface area contributed by atoms with Crippen molar-refractivity contribution < 1.29 is 26.7 Å². The summed E-state index contributed by atoms with van der Waals surface area (Å²) in [4.78, 5) is 9.79. The fourth-order valence-electron chi connectivity index (χ4n) is 1.03. The average molecular weight is 285 g/mol. The summed E-state index contributed by atoms with van der Waals surface area (Å²) < 4.78 is 52.8. The van der Waals surface area contributed by atoms with Gasteiger partial charge in [0.05, 0.1) is 10.5 Å². The predicted molar refractivity (Wildman–Crippen MR) is 54.9 cm³/mol. The summed E-state index contributed by atoms with van der Waals surface area (Å²) in [6.45, 7) is 0.461. The number of rotatable bonds is 3. The Morgan fingerprint density at radius 2 is 1.82 bits per heavy atom. The summed E-state index contributed by atoms with van der Waals surface area (Å²) in [5, 5.41) is 0. The van der Waals surface area contributed by atoms with Crippen molar-refractivity contribution in [2.24, 2.45) is 0 Å². The minimum absolute atomic E-state index is 0.538. The molecule has 8 heteroatoms. The first-order chi connectivity index (χ1) is 7.71. The Balaban J connectivity index is 3.15. The molecule has 1 aromatic rings. The molecular formula is C9H7ClF2O4S. The van der Waals surface area contributed by atoms with E-state index >= 15 is 0 Å². The molecule has 0 N–H and O–H groups in total. The van der Waals surface area contributed by atoms with Crippen LogP contribution < -0.4 is 0 Å². The third kappa shape index (κ3) is 3.64. The van der Waals surface area contributed by atoms with E-state index in [-0.39, 0.29) is 0 Å². The van der Waals surface area contributed by atoms with Gasteiger partial charge in [-0.15, -0.1) is 0 Å². The van der Waals surface area contributed by atoms with Gasteiger partial charge >= 0.3 is 5.97 Å². The summed E-state index contributed by atoms with van der Waals surface area (Å²) in [5.41, 5.74) is -0.538. The van der Waals surface area contributed by atoms with Crippen molar-refractivity contribution in [2.45, 2.75) is 18.4 Å². The van der Waals surface area contributed by atoms with Crippen molar-refractivity contribution in [1.29, 1.82) is 0 Å². The van der Waals surface area contributed by atoms with E-state index in [4.69, 9.17) is 10.7 Å². The molecule has 1 rings (SSSR count). The van der Waals surface area contributed by atoms with Crippen LogP contribution in [-0.2, 0) is 25.2 Å². The second-order valence-corrected chi connectivity index (χ2v) is 5.65. The highest BCUT2D eigenvalue weighted by Gasteiger charge is 2.18. The average Bonchev–Trinajstić information content (AvgIpc) is 2.14. The summed E-state index contributed by atoms with van der Waals surface area (Å²) in [6.07, 6.45) is 0. The Labute approximate surface area is 101 Å². The van der Waals surface area contributed by atoms with Crippen LogP contribution in [0.3, 0.4) is 0 Å². The SMILES string of the molecule is CC(=O)OCc1c(F)cc(S(=O)(=O)Cl)cc1F. The lowest BCUT2D eigenvalue weighted by Crippen LogP contribution is -2.05. The molecule has 0 amide bonds. The third-order valence-electron chi connectivity index (χ3n) is 1.82. The molecule has 0 heterocycles. The Morgan fingerprint density at radius 1 is 1.35 bits per heavy atom. The van der Waals surface area contributed by atoms with E-state index in [2.05, 4.69) is 4.74 Å². The summed E-state index contributed by atoms with van der Waals surface area (Å²) in [6, 6.07) is 1.12. The summed E-state index contributed by atoms with van der Waals surface area (Å²) in [7, 11) is 0.724. The maximum atomic E-state index is 13.3. The number of carbonyl (C=O) groups is 1. The number of ether oxygens (including phenoxy) is 1. The van der Waals surface area contributed by atoms with Crippen molar-refractivity contribution in [1.82, 2.24) is 0 Å². The highest BCUT2D eigenvalue weighted by Crippen LogP contribution is 2.22. The first kappa shape index (κ1) is 13.9.